The fourth-order valence-electron chi connectivity index (χ4n) is 2.53. The Morgan fingerprint density at radius 2 is 1.37 bits per heavy atom. The summed E-state index contributed by atoms with van der Waals surface area (Å²) in [6, 6.07) is 6.22. The van der Waals surface area contributed by atoms with Gasteiger partial charge in [-0.05, 0) is 18.2 Å². The SMILES string of the molecule is COc1cc(O)c(C(=O)/C=C/c2cc(OC)c(OC)cc2OC)c(OC)c1. The predicted molar refractivity (Wildman–Crippen MR) is 101 cm³/mol. The highest BCUT2D eigenvalue weighted by Gasteiger charge is 2.18. The van der Waals surface area contributed by atoms with Gasteiger partial charge < -0.3 is 28.8 Å². The van der Waals surface area contributed by atoms with E-state index in [-0.39, 0.29) is 17.1 Å². The molecule has 0 radical (unpaired) electrons. The summed E-state index contributed by atoms with van der Waals surface area (Å²) in [5.74, 6) is 1.42. The third-order valence-corrected chi connectivity index (χ3v) is 3.91. The van der Waals surface area contributed by atoms with Crippen LogP contribution in [0.2, 0.25) is 0 Å². The minimum Gasteiger partial charge on any atom is -0.507 e. The summed E-state index contributed by atoms with van der Waals surface area (Å²) < 4.78 is 26.1. The van der Waals surface area contributed by atoms with Crippen molar-refractivity contribution in [2.75, 3.05) is 35.5 Å². The van der Waals surface area contributed by atoms with Crippen LogP contribution < -0.4 is 23.7 Å². The maximum atomic E-state index is 12.6. The summed E-state index contributed by atoms with van der Waals surface area (Å²) in [4.78, 5) is 12.6. The molecule has 1 N–H and O–H groups in total. The van der Waals surface area contributed by atoms with E-state index in [2.05, 4.69) is 0 Å². The summed E-state index contributed by atoms with van der Waals surface area (Å²) in [7, 11) is 7.42. The lowest BCUT2D eigenvalue weighted by Gasteiger charge is -2.12. The molecule has 7 nitrogen and oxygen atoms in total. The monoisotopic (exact) mass is 374 g/mol. The van der Waals surface area contributed by atoms with Crippen LogP contribution in [0.3, 0.4) is 0 Å². The second kappa shape index (κ2) is 8.84. The van der Waals surface area contributed by atoms with E-state index >= 15 is 0 Å². The maximum Gasteiger partial charge on any atom is 0.193 e. The summed E-state index contributed by atoms with van der Waals surface area (Å²) in [5, 5.41) is 10.2. The summed E-state index contributed by atoms with van der Waals surface area (Å²) in [6.45, 7) is 0. The molecule has 0 bridgehead atoms. The van der Waals surface area contributed by atoms with Gasteiger partial charge in [0.1, 0.15) is 28.6 Å². The molecule has 0 saturated heterocycles. The Hall–Kier alpha value is -3.35. The van der Waals surface area contributed by atoms with Gasteiger partial charge in [-0.15, -0.1) is 0 Å². The molecule has 0 aliphatic carbocycles. The number of aromatic hydroxyl groups is 1. The zero-order valence-electron chi connectivity index (χ0n) is 15.9. The first-order chi connectivity index (χ1) is 13.0. The largest absolute Gasteiger partial charge is 0.507 e. The molecule has 27 heavy (non-hydrogen) atoms. The van der Waals surface area contributed by atoms with E-state index in [1.807, 2.05) is 0 Å². The van der Waals surface area contributed by atoms with Crippen molar-refractivity contribution in [3.05, 3.63) is 41.5 Å². The van der Waals surface area contributed by atoms with Crippen molar-refractivity contribution in [3.8, 4) is 34.5 Å². The molecule has 7 heteroatoms. The van der Waals surface area contributed by atoms with Crippen molar-refractivity contribution in [2.45, 2.75) is 0 Å². The van der Waals surface area contributed by atoms with Gasteiger partial charge in [-0.3, -0.25) is 4.79 Å². The minimum absolute atomic E-state index is 0.0361. The van der Waals surface area contributed by atoms with Gasteiger partial charge in [0.2, 0.25) is 0 Å². The Kier molecular flexibility index (Phi) is 6.54. The number of benzene rings is 2. The Morgan fingerprint density at radius 3 is 1.93 bits per heavy atom. The first kappa shape index (κ1) is 20.0. The molecule has 0 amide bonds. The van der Waals surface area contributed by atoms with Crippen molar-refractivity contribution < 1.29 is 33.6 Å². The molecule has 0 unspecified atom stereocenters. The Morgan fingerprint density at radius 1 is 0.778 bits per heavy atom. The standard InChI is InChI=1S/C20H22O7/c1-23-13-9-15(22)20(19(10-13)27-5)14(21)7-6-12-8-17(25-3)18(26-4)11-16(12)24-2/h6-11,22H,1-5H3/b7-6+. The quantitative estimate of drug-likeness (QED) is 0.560. The summed E-state index contributed by atoms with van der Waals surface area (Å²) in [5.41, 5.74) is 0.643. The third-order valence-electron chi connectivity index (χ3n) is 3.91. The number of ether oxygens (including phenoxy) is 5. The number of hydrogen-bond acceptors (Lipinski definition) is 7. The van der Waals surface area contributed by atoms with Crippen LogP contribution in [-0.2, 0) is 0 Å². The van der Waals surface area contributed by atoms with E-state index < -0.39 is 5.78 Å². The van der Waals surface area contributed by atoms with Gasteiger partial charge in [0.05, 0.1) is 35.5 Å². The Balaban J connectivity index is 2.43. The average Bonchev–Trinajstić information content (AvgIpc) is 2.70. The Labute approximate surface area is 157 Å². The highest BCUT2D eigenvalue weighted by atomic mass is 16.5. The van der Waals surface area contributed by atoms with E-state index in [0.29, 0.717) is 28.6 Å². The zero-order valence-corrected chi connectivity index (χ0v) is 15.9. The first-order valence-electron chi connectivity index (χ1n) is 7.96. The van der Waals surface area contributed by atoms with E-state index in [1.165, 1.54) is 53.8 Å². The normalized spacial score (nSPS) is 10.6. The number of phenolic OH excluding ortho intramolecular Hbond substituents is 1. The number of methoxy groups -OCH3 is 5. The molecule has 0 heterocycles. The van der Waals surface area contributed by atoms with Gasteiger partial charge in [-0.1, -0.05) is 0 Å². The third kappa shape index (κ3) is 4.25. The topological polar surface area (TPSA) is 83.5 Å². The van der Waals surface area contributed by atoms with Crippen LogP contribution in [-0.4, -0.2) is 46.4 Å². The van der Waals surface area contributed by atoms with Crippen LogP contribution in [0.5, 0.6) is 34.5 Å². The maximum absolute atomic E-state index is 12.6. The number of allylic oxidation sites excluding steroid dienone is 1. The van der Waals surface area contributed by atoms with Crippen LogP contribution >= 0.6 is 0 Å². The van der Waals surface area contributed by atoms with Crippen LogP contribution in [0.25, 0.3) is 6.08 Å². The molecule has 0 spiro atoms. The van der Waals surface area contributed by atoms with E-state index in [0.717, 1.165) is 0 Å². The molecule has 0 atom stereocenters. The molecule has 0 aliphatic rings. The van der Waals surface area contributed by atoms with Gasteiger partial charge in [-0.25, -0.2) is 0 Å². The molecule has 2 aromatic rings. The minimum atomic E-state index is -0.441. The van der Waals surface area contributed by atoms with E-state index in [1.54, 1.807) is 18.2 Å². The van der Waals surface area contributed by atoms with Crippen molar-refractivity contribution >= 4 is 11.9 Å². The number of phenols is 1. The summed E-state index contributed by atoms with van der Waals surface area (Å²) >= 11 is 0. The lowest BCUT2D eigenvalue weighted by Crippen LogP contribution is -2.01. The van der Waals surface area contributed by atoms with Crippen molar-refractivity contribution in [3.63, 3.8) is 0 Å². The summed E-state index contributed by atoms with van der Waals surface area (Å²) in [6.07, 6.45) is 2.88. The smallest absolute Gasteiger partial charge is 0.193 e. The van der Waals surface area contributed by atoms with Crippen molar-refractivity contribution in [2.24, 2.45) is 0 Å². The second-order valence-corrected chi connectivity index (χ2v) is 5.37. The predicted octanol–water partition coefficient (Wildman–Crippen LogP) is 3.33. The van der Waals surface area contributed by atoms with Gasteiger partial charge in [0.25, 0.3) is 0 Å². The molecule has 0 fully saturated rings. The van der Waals surface area contributed by atoms with Crippen molar-refractivity contribution in [1.82, 2.24) is 0 Å². The highest BCUT2D eigenvalue weighted by Crippen LogP contribution is 2.36. The second-order valence-electron chi connectivity index (χ2n) is 5.37. The Bertz CT molecular complexity index is 856. The average molecular weight is 374 g/mol. The number of carbonyl (C=O) groups excluding carboxylic acids is 1. The number of hydrogen-bond donors (Lipinski definition) is 1. The number of carbonyl (C=O) groups is 1. The first-order valence-corrected chi connectivity index (χ1v) is 7.96. The van der Waals surface area contributed by atoms with Crippen LogP contribution in [0.4, 0.5) is 0 Å². The molecule has 0 aliphatic heterocycles. The molecule has 2 rings (SSSR count). The van der Waals surface area contributed by atoms with Gasteiger partial charge in [0.15, 0.2) is 17.3 Å². The molecule has 0 aromatic heterocycles. The zero-order chi connectivity index (χ0) is 20.0. The van der Waals surface area contributed by atoms with Gasteiger partial charge >= 0.3 is 0 Å². The van der Waals surface area contributed by atoms with E-state index in [9.17, 15) is 9.90 Å². The van der Waals surface area contributed by atoms with Crippen LogP contribution in [0, 0.1) is 0 Å². The fourth-order valence-corrected chi connectivity index (χ4v) is 2.53. The highest BCUT2D eigenvalue weighted by molar-refractivity contribution is 6.10. The molecular weight excluding hydrogens is 352 g/mol. The van der Waals surface area contributed by atoms with Crippen LogP contribution in [0.1, 0.15) is 15.9 Å². The van der Waals surface area contributed by atoms with Gasteiger partial charge in [0, 0.05) is 23.8 Å². The molecular formula is C20H22O7. The lowest BCUT2D eigenvalue weighted by atomic mass is 10.1. The van der Waals surface area contributed by atoms with Crippen LogP contribution in [0.15, 0.2) is 30.3 Å². The fraction of sp³-hybridized carbons (Fsp3) is 0.250. The number of ketones is 1. The molecule has 144 valence electrons. The molecule has 2 aromatic carbocycles. The van der Waals surface area contributed by atoms with Crippen molar-refractivity contribution in [1.29, 1.82) is 0 Å². The molecule has 0 saturated carbocycles. The van der Waals surface area contributed by atoms with E-state index in [4.69, 9.17) is 23.7 Å². The van der Waals surface area contributed by atoms with Gasteiger partial charge in [-0.2, -0.15) is 0 Å². The number of rotatable bonds is 8. The lowest BCUT2D eigenvalue weighted by molar-refractivity contribution is 0.104.